The quantitative estimate of drug-likeness (QED) is 0.294. The minimum atomic E-state index is 0. The number of nitrogens with one attached hydrogen (secondary N) is 2. The van der Waals surface area contributed by atoms with E-state index in [1.807, 2.05) is 0 Å². The van der Waals surface area contributed by atoms with Crippen LogP contribution in [0.5, 0.6) is 0 Å². The lowest BCUT2D eigenvalue weighted by Crippen LogP contribution is -2.38. The van der Waals surface area contributed by atoms with E-state index in [2.05, 4.69) is 67.6 Å². The predicted molar refractivity (Wildman–Crippen MR) is 105 cm³/mol. The van der Waals surface area contributed by atoms with Crippen molar-refractivity contribution in [3.8, 4) is 0 Å². The van der Waals surface area contributed by atoms with Crippen LogP contribution in [0.15, 0.2) is 29.3 Å². The zero-order valence-electron chi connectivity index (χ0n) is 14.2. The zero-order valence-corrected chi connectivity index (χ0v) is 16.5. The highest BCUT2D eigenvalue weighted by molar-refractivity contribution is 14.0. The SMILES string of the molecule is CCNC(=NCc1cccc(C)c1)NCCCOC(C)C.I. The Morgan fingerprint density at radius 1 is 1.27 bits per heavy atom. The predicted octanol–water partition coefficient (Wildman–Crippen LogP) is 3.48. The van der Waals surface area contributed by atoms with Gasteiger partial charge in [-0.05, 0) is 39.7 Å². The fourth-order valence-electron chi connectivity index (χ4n) is 1.92. The lowest BCUT2D eigenvalue weighted by Gasteiger charge is -2.12. The van der Waals surface area contributed by atoms with Crippen LogP contribution in [0.1, 0.15) is 38.3 Å². The number of ether oxygens (including phenoxy) is 1. The Bertz CT molecular complexity index is 436. The first-order chi connectivity index (χ1) is 10.1. The van der Waals surface area contributed by atoms with Crippen LogP contribution in [0.3, 0.4) is 0 Å². The summed E-state index contributed by atoms with van der Waals surface area (Å²) in [5, 5.41) is 6.60. The molecular formula is C17H30IN3O. The van der Waals surface area contributed by atoms with Gasteiger partial charge in [0.2, 0.25) is 0 Å². The molecule has 0 unspecified atom stereocenters. The Morgan fingerprint density at radius 2 is 2.05 bits per heavy atom. The number of aryl methyl sites for hydroxylation is 1. The topological polar surface area (TPSA) is 45.7 Å². The first kappa shape index (κ1) is 21.2. The van der Waals surface area contributed by atoms with E-state index in [9.17, 15) is 0 Å². The van der Waals surface area contributed by atoms with Crippen molar-refractivity contribution in [2.24, 2.45) is 4.99 Å². The molecule has 0 fully saturated rings. The summed E-state index contributed by atoms with van der Waals surface area (Å²) in [5.74, 6) is 0.864. The smallest absolute Gasteiger partial charge is 0.191 e. The molecule has 5 heteroatoms. The van der Waals surface area contributed by atoms with Crippen LogP contribution in [0.4, 0.5) is 0 Å². The molecule has 1 aromatic carbocycles. The molecule has 0 bridgehead atoms. The molecule has 0 heterocycles. The number of halogens is 1. The summed E-state index contributed by atoms with van der Waals surface area (Å²) in [5.41, 5.74) is 2.50. The maximum Gasteiger partial charge on any atom is 0.191 e. The van der Waals surface area contributed by atoms with Gasteiger partial charge in [0.15, 0.2) is 5.96 Å². The highest BCUT2D eigenvalue weighted by Crippen LogP contribution is 2.04. The van der Waals surface area contributed by atoms with Gasteiger partial charge < -0.3 is 15.4 Å². The third kappa shape index (κ3) is 10.00. The van der Waals surface area contributed by atoms with Gasteiger partial charge in [0.1, 0.15) is 0 Å². The van der Waals surface area contributed by atoms with Crippen molar-refractivity contribution in [3.05, 3.63) is 35.4 Å². The Balaban J connectivity index is 0.00000441. The third-order valence-electron chi connectivity index (χ3n) is 2.91. The Morgan fingerprint density at radius 3 is 2.68 bits per heavy atom. The fraction of sp³-hybridized carbons (Fsp3) is 0.588. The number of nitrogens with zero attached hydrogens (tertiary/aromatic N) is 1. The fourth-order valence-corrected chi connectivity index (χ4v) is 1.92. The number of hydrogen-bond acceptors (Lipinski definition) is 2. The van der Waals surface area contributed by atoms with E-state index < -0.39 is 0 Å². The molecule has 1 aromatic rings. The molecular weight excluding hydrogens is 389 g/mol. The zero-order chi connectivity index (χ0) is 15.5. The average molecular weight is 419 g/mol. The number of guanidine groups is 1. The van der Waals surface area contributed by atoms with Gasteiger partial charge in [-0.3, -0.25) is 0 Å². The van der Waals surface area contributed by atoms with E-state index in [-0.39, 0.29) is 24.0 Å². The summed E-state index contributed by atoms with van der Waals surface area (Å²) in [7, 11) is 0. The van der Waals surface area contributed by atoms with Crippen molar-refractivity contribution in [2.45, 2.75) is 46.8 Å². The second-order valence-electron chi connectivity index (χ2n) is 5.38. The minimum Gasteiger partial charge on any atom is -0.379 e. The van der Waals surface area contributed by atoms with Gasteiger partial charge in [0.25, 0.3) is 0 Å². The standard InChI is InChI=1S/C17H29N3O.HI/c1-5-18-17(19-10-7-11-21-14(2)3)20-13-16-9-6-8-15(4)12-16;/h6,8-9,12,14H,5,7,10-11,13H2,1-4H3,(H2,18,19,20);1H. The van der Waals surface area contributed by atoms with Crippen molar-refractivity contribution >= 4 is 29.9 Å². The van der Waals surface area contributed by atoms with Crippen LogP contribution >= 0.6 is 24.0 Å². The highest BCUT2D eigenvalue weighted by atomic mass is 127. The first-order valence-corrected chi connectivity index (χ1v) is 7.81. The normalized spacial score (nSPS) is 11.2. The number of aliphatic imine (C=N–C) groups is 1. The van der Waals surface area contributed by atoms with Crippen molar-refractivity contribution in [1.29, 1.82) is 0 Å². The molecule has 0 atom stereocenters. The molecule has 0 aromatic heterocycles. The molecule has 0 saturated carbocycles. The molecule has 0 spiro atoms. The van der Waals surface area contributed by atoms with Crippen LogP contribution in [-0.2, 0) is 11.3 Å². The van der Waals surface area contributed by atoms with Gasteiger partial charge in [-0.25, -0.2) is 4.99 Å². The van der Waals surface area contributed by atoms with Crippen molar-refractivity contribution < 1.29 is 4.74 Å². The second-order valence-corrected chi connectivity index (χ2v) is 5.38. The molecule has 0 aliphatic heterocycles. The Labute approximate surface area is 152 Å². The highest BCUT2D eigenvalue weighted by Gasteiger charge is 1.98. The van der Waals surface area contributed by atoms with Gasteiger partial charge in [0, 0.05) is 19.7 Å². The molecule has 1 rings (SSSR count). The van der Waals surface area contributed by atoms with Crippen LogP contribution in [0.25, 0.3) is 0 Å². The molecule has 22 heavy (non-hydrogen) atoms. The van der Waals surface area contributed by atoms with E-state index in [1.165, 1.54) is 11.1 Å². The van der Waals surface area contributed by atoms with E-state index in [4.69, 9.17) is 4.74 Å². The number of hydrogen-bond donors (Lipinski definition) is 2. The molecule has 0 saturated heterocycles. The Kier molecular flexibility index (Phi) is 12.2. The molecule has 126 valence electrons. The van der Waals surface area contributed by atoms with Crippen molar-refractivity contribution in [2.75, 3.05) is 19.7 Å². The monoisotopic (exact) mass is 419 g/mol. The number of rotatable bonds is 8. The summed E-state index contributed by atoms with van der Waals surface area (Å²) >= 11 is 0. The minimum absolute atomic E-state index is 0. The number of benzene rings is 1. The van der Waals surface area contributed by atoms with Crippen LogP contribution in [-0.4, -0.2) is 31.8 Å². The van der Waals surface area contributed by atoms with E-state index in [0.29, 0.717) is 12.6 Å². The molecule has 0 radical (unpaired) electrons. The third-order valence-corrected chi connectivity index (χ3v) is 2.91. The van der Waals surface area contributed by atoms with Gasteiger partial charge in [-0.1, -0.05) is 29.8 Å². The van der Waals surface area contributed by atoms with E-state index in [1.54, 1.807) is 0 Å². The summed E-state index contributed by atoms with van der Waals surface area (Å²) < 4.78 is 5.53. The molecule has 4 nitrogen and oxygen atoms in total. The van der Waals surface area contributed by atoms with Gasteiger partial charge >= 0.3 is 0 Å². The summed E-state index contributed by atoms with van der Waals surface area (Å²) in [6, 6.07) is 8.45. The molecule has 0 aliphatic carbocycles. The van der Waals surface area contributed by atoms with Gasteiger partial charge in [0.05, 0.1) is 12.6 Å². The van der Waals surface area contributed by atoms with E-state index in [0.717, 1.165) is 32.1 Å². The van der Waals surface area contributed by atoms with Crippen LogP contribution < -0.4 is 10.6 Å². The second kappa shape index (κ2) is 12.7. The van der Waals surface area contributed by atoms with Crippen LogP contribution in [0, 0.1) is 6.92 Å². The summed E-state index contributed by atoms with van der Waals surface area (Å²) in [6.07, 6.45) is 1.28. The molecule has 0 amide bonds. The maximum absolute atomic E-state index is 5.53. The molecule has 0 aliphatic rings. The largest absolute Gasteiger partial charge is 0.379 e. The summed E-state index contributed by atoms with van der Waals surface area (Å²) in [6.45, 7) is 11.5. The Hall–Kier alpha value is -0.820. The van der Waals surface area contributed by atoms with Crippen LogP contribution in [0.2, 0.25) is 0 Å². The first-order valence-electron chi connectivity index (χ1n) is 7.81. The molecule has 2 N–H and O–H groups in total. The average Bonchev–Trinajstić information content (AvgIpc) is 2.44. The van der Waals surface area contributed by atoms with E-state index >= 15 is 0 Å². The maximum atomic E-state index is 5.53. The van der Waals surface area contributed by atoms with Gasteiger partial charge in [-0.15, -0.1) is 24.0 Å². The van der Waals surface area contributed by atoms with Gasteiger partial charge in [-0.2, -0.15) is 0 Å². The van der Waals surface area contributed by atoms with Crippen molar-refractivity contribution in [1.82, 2.24) is 10.6 Å². The lowest BCUT2D eigenvalue weighted by atomic mass is 10.1. The summed E-state index contributed by atoms with van der Waals surface area (Å²) in [4.78, 5) is 4.61. The lowest BCUT2D eigenvalue weighted by molar-refractivity contribution is 0.0776. The van der Waals surface area contributed by atoms with Crippen molar-refractivity contribution in [3.63, 3.8) is 0 Å².